The van der Waals surface area contributed by atoms with E-state index in [2.05, 4.69) is 125 Å². The number of halogens is 2. The zero-order valence-corrected chi connectivity index (χ0v) is 41.3. The molecule has 0 aliphatic carbocycles. The molecule has 8 heteroatoms. The number of hydrogen-bond donors (Lipinski definition) is 0. The van der Waals surface area contributed by atoms with Crippen molar-refractivity contribution in [1.82, 2.24) is 24.5 Å². The van der Waals surface area contributed by atoms with Crippen molar-refractivity contribution in [3.63, 3.8) is 0 Å². The van der Waals surface area contributed by atoms with Gasteiger partial charge in [0.15, 0.2) is 0 Å². The van der Waals surface area contributed by atoms with Crippen LogP contribution in [0.25, 0.3) is 112 Å². The summed E-state index contributed by atoms with van der Waals surface area (Å²) in [4.78, 5) is 5.01. The van der Waals surface area contributed by atoms with Gasteiger partial charge in [-0.05, 0) is 108 Å². The molecule has 0 spiro atoms. The van der Waals surface area contributed by atoms with Crippen LogP contribution < -0.4 is 0 Å². The first-order valence-corrected chi connectivity index (χ1v) is 23.5. The Kier molecular flexibility index (Phi) is 13.0. The third kappa shape index (κ3) is 9.18. The molecule has 12 aromatic rings. The van der Waals surface area contributed by atoms with Crippen molar-refractivity contribution in [3.8, 4) is 112 Å². The van der Waals surface area contributed by atoms with Crippen LogP contribution in [0.15, 0.2) is 243 Å². The Labute approximate surface area is 435 Å². The Hall–Kier alpha value is -8.94. The minimum Gasteiger partial charge on any atom is -0.304 e. The van der Waals surface area contributed by atoms with Crippen molar-refractivity contribution >= 4 is 0 Å². The summed E-state index contributed by atoms with van der Waals surface area (Å²) in [7, 11) is 0. The van der Waals surface area contributed by atoms with E-state index in [1.54, 1.807) is 36.7 Å². The second-order valence-corrected chi connectivity index (χ2v) is 17.3. The van der Waals surface area contributed by atoms with Gasteiger partial charge in [0.25, 0.3) is 0 Å². The average molecular weight is 1120 g/mol. The molecule has 0 unspecified atom stereocenters. The molecule has 73 heavy (non-hydrogen) atoms. The number of para-hydroxylation sites is 2. The largest absolute Gasteiger partial charge is 3.00 e. The molecule has 3 aromatic heterocycles. The third-order valence-corrected chi connectivity index (χ3v) is 13.0. The Morgan fingerprint density at radius 2 is 0.740 bits per heavy atom. The van der Waals surface area contributed by atoms with Gasteiger partial charge < -0.3 is 4.98 Å². The van der Waals surface area contributed by atoms with E-state index in [0.717, 1.165) is 66.9 Å². The molecule has 0 saturated carbocycles. The Morgan fingerprint density at radius 1 is 0.315 bits per heavy atom. The van der Waals surface area contributed by atoms with Gasteiger partial charge in [-0.2, -0.15) is 67.5 Å². The summed E-state index contributed by atoms with van der Waals surface area (Å²) in [6.45, 7) is 0. The molecule has 0 fully saturated rings. The van der Waals surface area contributed by atoms with Crippen LogP contribution in [-0.2, 0) is 20.1 Å². The minimum atomic E-state index is -0.502. The number of hydrogen-bond acceptors (Lipinski definition) is 3. The zero-order valence-electron chi connectivity index (χ0n) is 38.9. The van der Waals surface area contributed by atoms with Crippen molar-refractivity contribution < 1.29 is 28.9 Å². The van der Waals surface area contributed by atoms with Gasteiger partial charge in [0.05, 0.1) is 23.5 Å². The number of pyridine rings is 1. The molecule has 3 heterocycles. The molecule has 5 nitrogen and oxygen atoms in total. The van der Waals surface area contributed by atoms with E-state index in [1.807, 2.05) is 109 Å². The summed E-state index contributed by atoms with van der Waals surface area (Å²) >= 11 is 0. The van der Waals surface area contributed by atoms with Crippen molar-refractivity contribution in [1.29, 1.82) is 0 Å². The first kappa shape index (κ1) is 46.4. The summed E-state index contributed by atoms with van der Waals surface area (Å²) in [5.41, 5.74) is 16.2. The van der Waals surface area contributed by atoms with E-state index >= 15 is 8.78 Å². The number of rotatable bonds is 11. The van der Waals surface area contributed by atoms with Gasteiger partial charge in [-0.3, -0.25) is 0 Å². The maximum absolute atomic E-state index is 16.6. The molecule has 0 aliphatic rings. The molecular formula is C65H40F2IrN5. The van der Waals surface area contributed by atoms with Gasteiger partial charge >= 0.3 is 20.1 Å². The molecule has 0 bridgehead atoms. The quantitative estimate of drug-likeness (QED) is 0.121. The summed E-state index contributed by atoms with van der Waals surface area (Å²) < 4.78 is 35.7. The second kappa shape index (κ2) is 20.4. The fourth-order valence-electron chi connectivity index (χ4n) is 9.41. The Balaban J connectivity index is 0.00000574. The van der Waals surface area contributed by atoms with E-state index in [9.17, 15) is 0 Å². The normalized spacial score (nSPS) is 11.0. The van der Waals surface area contributed by atoms with Gasteiger partial charge in [-0.15, -0.1) is 47.5 Å². The number of benzene rings is 9. The second-order valence-electron chi connectivity index (χ2n) is 17.3. The van der Waals surface area contributed by atoms with Crippen LogP contribution in [0.5, 0.6) is 0 Å². The van der Waals surface area contributed by atoms with Crippen LogP contribution in [0.1, 0.15) is 0 Å². The van der Waals surface area contributed by atoms with Gasteiger partial charge in [-0.25, -0.2) is 9.36 Å². The van der Waals surface area contributed by atoms with Crippen LogP contribution in [0.3, 0.4) is 0 Å². The molecule has 0 N–H and O–H groups in total. The first-order valence-electron chi connectivity index (χ1n) is 23.5. The zero-order chi connectivity index (χ0) is 48.4. The van der Waals surface area contributed by atoms with Crippen LogP contribution in [0, 0.1) is 30.1 Å². The fourth-order valence-corrected chi connectivity index (χ4v) is 9.41. The average Bonchev–Trinajstić information content (AvgIpc) is 4.05. The van der Waals surface area contributed by atoms with Crippen molar-refractivity contribution in [2.24, 2.45) is 0 Å². The van der Waals surface area contributed by atoms with E-state index < -0.39 is 11.9 Å². The van der Waals surface area contributed by atoms with Crippen molar-refractivity contribution in [2.75, 3.05) is 0 Å². The van der Waals surface area contributed by atoms with Crippen LogP contribution in [-0.4, -0.2) is 24.5 Å². The molecule has 0 saturated heterocycles. The van der Waals surface area contributed by atoms with Gasteiger partial charge in [0.2, 0.25) is 11.9 Å². The van der Waals surface area contributed by atoms with Gasteiger partial charge in [0.1, 0.15) is 0 Å². The smallest absolute Gasteiger partial charge is 0.304 e. The predicted molar refractivity (Wildman–Crippen MR) is 284 cm³/mol. The minimum absolute atomic E-state index is 0. The molecule has 0 radical (unpaired) electrons. The van der Waals surface area contributed by atoms with E-state index in [-0.39, 0.29) is 20.1 Å². The molecule has 0 aliphatic heterocycles. The van der Waals surface area contributed by atoms with E-state index in [1.165, 1.54) is 20.5 Å². The van der Waals surface area contributed by atoms with Crippen molar-refractivity contribution in [3.05, 3.63) is 273 Å². The molecule has 9 aromatic carbocycles. The fraction of sp³-hybridized carbons (Fsp3) is 0. The summed E-state index contributed by atoms with van der Waals surface area (Å²) in [5.74, 6) is -1.00. The summed E-state index contributed by atoms with van der Waals surface area (Å²) in [5, 5.41) is 8.93. The molecule has 0 amide bonds. The third-order valence-electron chi connectivity index (χ3n) is 13.0. The predicted octanol–water partition coefficient (Wildman–Crippen LogP) is 16.1. The Morgan fingerprint density at radius 3 is 1.22 bits per heavy atom. The summed E-state index contributed by atoms with van der Waals surface area (Å²) in [6, 6.07) is 83.3. The summed E-state index contributed by atoms with van der Waals surface area (Å²) in [6.07, 6.45) is 5.03. The topological polar surface area (TPSA) is 48.5 Å². The monoisotopic (exact) mass is 1120 g/mol. The van der Waals surface area contributed by atoms with Crippen LogP contribution >= 0.6 is 0 Å². The molecule has 12 rings (SSSR count). The van der Waals surface area contributed by atoms with Crippen LogP contribution in [0.4, 0.5) is 8.78 Å². The van der Waals surface area contributed by atoms with Gasteiger partial charge in [0, 0.05) is 6.20 Å². The SMILES string of the molecule is Fc1c(-c2ccccc2-c2cc(-c3ccccc3-c3ccc(-c4[c-]ccc(-c5ccc(-c6ccccc6)cc5)c4)nc3)cc(-c3ccccc3-c3cnn(-c4[c-]cccc4)c3F)c2)cnn1-c1[c-]cccc1.[Ir+3]. The maximum Gasteiger partial charge on any atom is 3.00 e. The van der Waals surface area contributed by atoms with Crippen molar-refractivity contribution in [2.45, 2.75) is 0 Å². The molecular weight excluding hydrogens is 1080 g/mol. The molecule has 0 atom stereocenters. The van der Waals surface area contributed by atoms with Gasteiger partial charge in [-0.1, -0.05) is 140 Å². The Bertz CT molecular complexity index is 3730. The van der Waals surface area contributed by atoms with Crippen LogP contribution in [0.2, 0.25) is 0 Å². The van der Waals surface area contributed by atoms with E-state index in [4.69, 9.17) is 4.98 Å². The molecule has 348 valence electrons. The standard InChI is InChI=1S/C65H40F2N5.Ir/c66-64-61(42-69-71(64)53-21-6-2-7-22-53)59-29-14-12-27-57(59)51-38-50(39-52(40-51)58-28-13-15-30-60(58)62-43-70-72(65(62)67)54-23-8-3-9-24-54)56-26-11-10-25-55(56)49-35-36-63(68-41-49)48-20-16-19-47(37-48)46-33-31-45(32-34-46)44-17-4-1-5-18-44;/h1-19,21,23,25-43H;/q-3;+3. The maximum atomic E-state index is 16.6. The number of aromatic nitrogens is 5. The first-order chi connectivity index (χ1) is 35.5. The van der Waals surface area contributed by atoms with E-state index in [0.29, 0.717) is 33.6 Å². The number of nitrogens with zero attached hydrogens (tertiary/aromatic N) is 5.